The number of nitrogens with one attached hydrogen (secondary N) is 1. The molecule has 140 valence electrons. The van der Waals surface area contributed by atoms with E-state index in [-0.39, 0.29) is 5.91 Å². The quantitative estimate of drug-likeness (QED) is 0.553. The van der Waals surface area contributed by atoms with Crippen LogP contribution in [0.4, 0.5) is 0 Å². The first-order valence-electron chi connectivity index (χ1n) is 8.69. The van der Waals surface area contributed by atoms with Crippen molar-refractivity contribution in [2.75, 3.05) is 13.2 Å². The van der Waals surface area contributed by atoms with Crippen LogP contribution in [0.3, 0.4) is 0 Å². The highest BCUT2D eigenvalue weighted by molar-refractivity contribution is 7.17. The van der Waals surface area contributed by atoms with E-state index in [9.17, 15) is 4.79 Å². The number of carbonyl (C=O) groups is 1. The molecule has 0 aliphatic carbocycles. The zero-order valence-corrected chi connectivity index (χ0v) is 16.5. The Morgan fingerprint density at radius 3 is 2.74 bits per heavy atom. The van der Waals surface area contributed by atoms with Gasteiger partial charge in [-0.25, -0.2) is 4.98 Å². The smallest absolute Gasteiger partial charge is 0.263 e. The molecule has 3 aromatic rings. The van der Waals surface area contributed by atoms with Crippen LogP contribution >= 0.6 is 22.9 Å². The Balaban J connectivity index is 1.42. The van der Waals surface area contributed by atoms with E-state index in [0.717, 1.165) is 35.0 Å². The lowest BCUT2D eigenvalue weighted by atomic mass is 10.3. The molecule has 5 nitrogen and oxygen atoms in total. The van der Waals surface area contributed by atoms with Crippen molar-refractivity contribution in [3.63, 3.8) is 0 Å². The molecule has 0 aliphatic heterocycles. The average molecular weight is 402 g/mol. The number of ether oxygens (including phenoxy) is 1. The fraction of sp³-hybridized carbons (Fsp3) is 0.250. The molecule has 3 rings (SSSR count). The van der Waals surface area contributed by atoms with Crippen LogP contribution in [-0.2, 0) is 0 Å². The zero-order chi connectivity index (χ0) is 19.1. The Morgan fingerprint density at radius 2 is 2.00 bits per heavy atom. The normalized spacial score (nSPS) is 10.6. The van der Waals surface area contributed by atoms with Crippen molar-refractivity contribution in [3.05, 3.63) is 64.3 Å². The second-order valence-electron chi connectivity index (χ2n) is 5.91. The van der Waals surface area contributed by atoms with Crippen molar-refractivity contribution in [2.24, 2.45) is 0 Å². The van der Waals surface area contributed by atoms with Crippen LogP contribution in [0.25, 0.3) is 10.7 Å². The fourth-order valence-electron chi connectivity index (χ4n) is 2.44. The number of pyridine rings is 1. The number of unbranched alkanes of at least 4 members (excludes halogenated alkanes) is 1. The summed E-state index contributed by atoms with van der Waals surface area (Å²) >= 11 is 7.21. The summed E-state index contributed by atoms with van der Waals surface area (Å²) in [5.41, 5.74) is 1.51. The van der Waals surface area contributed by atoms with E-state index in [1.807, 2.05) is 37.3 Å². The van der Waals surface area contributed by atoms with Crippen molar-refractivity contribution in [1.82, 2.24) is 15.3 Å². The summed E-state index contributed by atoms with van der Waals surface area (Å²) in [6, 6.07) is 12.9. The van der Waals surface area contributed by atoms with E-state index < -0.39 is 0 Å². The third kappa shape index (κ3) is 5.52. The van der Waals surface area contributed by atoms with Crippen molar-refractivity contribution in [2.45, 2.75) is 19.8 Å². The highest BCUT2D eigenvalue weighted by Gasteiger charge is 2.16. The minimum Gasteiger partial charge on any atom is -0.494 e. The molecule has 1 amide bonds. The van der Waals surface area contributed by atoms with E-state index in [0.29, 0.717) is 23.1 Å². The second-order valence-corrected chi connectivity index (χ2v) is 7.35. The van der Waals surface area contributed by atoms with Gasteiger partial charge in [0.1, 0.15) is 15.6 Å². The van der Waals surface area contributed by atoms with Gasteiger partial charge in [-0.05, 0) is 56.2 Å². The van der Waals surface area contributed by atoms with Crippen LogP contribution < -0.4 is 10.1 Å². The predicted molar refractivity (Wildman–Crippen MR) is 109 cm³/mol. The second kappa shape index (κ2) is 9.48. The Morgan fingerprint density at radius 1 is 1.19 bits per heavy atom. The van der Waals surface area contributed by atoms with Crippen LogP contribution in [0, 0.1) is 6.92 Å². The third-order valence-electron chi connectivity index (χ3n) is 3.83. The highest BCUT2D eigenvalue weighted by Crippen LogP contribution is 2.26. The summed E-state index contributed by atoms with van der Waals surface area (Å²) in [4.78, 5) is 21.8. The molecule has 1 aromatic carbocycles. The maximum atomic E-state index is 12.4. The van der Waals surface area contributed by atoms with Gasteiger partial charge in [-0.1, -0.05) is 17.7 Å². The summed E-state index contributed by atoms with van der Waals surface area (Å²) in [5.74, 6) is 0.705. The van der Waals surface area contributed by atoms with Gasteiger partial charge >= 0.3 is 0 Å². The number of thiazole rings is 1. The van der Waals surface area contributed by atoms with E-state index in [2.05, 4.69) is 15.3 Å². The molecule has 27 heavy (non-hydrogen) atoms. The molecule has 2 aromatic heterocycles. The topological polar surface area (TPSA) is 64.1 Å². The van der Waals surface area contributed by atoms with Crippen LogP contribution in [0.1, 0.15) is 28.2 Å². The van der Waals surface area contributed by atoms with Crippen LogP contribution in [0.15, 0.2) is 48.7 Å². The molecule has 7 heteroatoms. The molecule has 1 N–H and O–H groups in total. The number of hydrogen-bond acceptors (Lipinski definition) is 5. The van der Waals surface area contributed by atoms with Gasteiger partial charge in [-0.2, -0.15) is 0 Å². The zero-order valence-electron chi connectivity index (χ0n) is 14.9. The van der Waals surface area contributed by atoms with Crippen LogP contribution in [0.5, 0.6) is 5.75 Å². The minimum atomic E-state index is -0.0919. The van der Waals surface area contributed by atoms with E-state index in [1.165, 1.54) is 11.3 Å². The number of benzene rings is 1. The predicted octanol–water partition coefficient (Wildman–Crippen LogP) is 4.76. The Bertz CT molecular complexity index is 882. The lowest BCUT2D eigenvalue weighted by Crippen LogP contribution is -2.24. The summed E-state index contributed by atoms with van der Waals surface area (Å²) in [7, 11) is 0. The summed E-state index contributed by atoms with van der Waals surface area (Å²) in [6.07, 6.45) is 3.41. The molecule has 0 unspecified atom stereocenters. The lowest BCUT2D eigenvalue weighted by molar-refractivity contribution is 0.0955. The molecule has 2 heterocycles. The molecule has 0 saturated heterocycles. The first kappa shape index (κ1) is 19.3. The summed E-state index contributed by atoms with van der Waals surface area (Å²) < 4.78 is 5.64. The molecule has 0 aliphatic rings. The van der Waals surface area contributed by atoms with Gasteiger partial charge in [-0.15, -0.1) is 11.3 Å². The molecule has 0 saturated carbocycles. The number of halogens is 1. The maximum absolute atomic E-state index is 12.4. The number of nitrogens with zero attached hydrogens (tertiary/aromatic N) is 2. The molecule has 0 fully saturated rings. The minimum absolute atomic E-state index is 0.0919. The van der Waals surface area contributed by atoms with Crippen molar-refractivity contribution in [1.29, 1.82) is 0 Å². The number of aromatic nitrogens is 2. The Hall–Kier alpha value is -2.44. The first-order valence-corrected chi connectivity index (χ1v) is 9.88. The van der Waals surface area contributed by atoms with Crippen molar-refractivity contribution in [3.8, 4) is 16.5 Å². The van der Waals surface area contributed by atoms with Crippen LogP contribution in [-0.4, -0.2) is 29.0 Å². The summed E-state index contributed by atoms with van der Waals surface area (Å²) in [5, 5.41) is 4.40. The molecular formula is C20H20ClN3O2S. The van der Waals surface area contributed by atoms with E-state index >= 15 is 0 Å². The van der Waals surface area contributed by atoms with Gasteiger partial charge in [0.25, 0.3) is 5.91 Å². The monoisotopic (exact) mass is 401 g/mol. The largest absolute Gasteiger partial charge is 0.494 e. The SMILES string of the molecule is Cc1nc(-c2ccccn2)sc1C(=O)NCCCCOc1ccc(Cl)cc1. The number of rotatable bonds is 8. The van der Waals surface area contributed by atoms with Gasteiger partial charge < -0.3 is 10.1 Å². The fourth-order valence-corrected chi connectivity index (χ4v) is 3.52. The van der Waals surface area contributed by atoms with E-state index in [4.69, 9.17) is 16.3 Å². The average Bonchev–Trinajstić information content (AvgIpc) is 3.08. The first-order chi connectivity index (χ1) is 13.1. The lowest BCUT2D eigenvalue weighted by Gasteiger charge is -2.07. The Labute approximate surface area is 167 Å². The van der Waals surface area contributed by atoms with E-state index in [1.54, 1.807) is 18.3 Å². The third-order valence-corrected chi connectivity index (χ3v) is 5.26. The van der Waals surface area contributed by atoms with Gasteiger partial charge in [-0.3, -0.25) is 9.78 Å². The van der Waals surface area contributed by atoms with Crippen molar-refractivity contribution >= 4 is 28.8 Å². The van der Waals surface area contributed by atoms with Gasteiger partial charge in [0, 0.05) is 17.8 Å². The number of amides is 1. The standard InChI is InChI=1S/C20H20ClN3O2S/c1-14-18(27-20(24-14)17-6-2-3-11-22-17)19(25)23-12-4-5-13-26-16-9-7-15(21)8-10-16/h2-3,6-11H,4-5,12-13H2,1H3,(H,23,25). The van der Waals surface area contributed by atoms with Gasteiger partial charge in [0.2, 0.25) is 0 Å². The van der Waals surface area contributed by atoms with Gasteiger partial charge in [0.15, 0.2) is 0 Å². The number of carbonyl (C=O) groups excluding carboxylic acids is 1. The molecular weight excluding hydrogens is 382 g/mol. The molecule has 0 bridgehead atoms. The maximum Gasteiger partial charge on any atom is 0.263 e. The van der Waals surface area contributed by atoms with Gasteiger partial charge in [0.05, 0.1) is 18.0 Å². The molecule has 0 atom stereocenters. The van der Waals surface area contributed by atoms with Crippen LogP contribution in [0.2, 0.25) is 5.02 Å². The number of hydrogen-bond donors (Lipinski definition) is 1. The highest BCUT2D eigenvalue weighted by atomic mass is 35.5. The summed E-state index contributed by atoms with van der Waals surface area (Å²) in [6.45, 7) is 3.04. The molecule has 0 radical (unpaired) electrons. The number of aryl methyl sites for hydroxylation is 1. The Kier molecular flexibility index (Phi) is 6.79. The van der Waals surface area contributed by atoms with Crippen molar-refractivity contribution < 1.29 is 9.53 Å². The molecule has 0 spiro atoms.